The van der Waals surface area contributed by atoms with Gasteiger partial charge in [0.05, 0.1) is 12.7 Å². The Morgan fingerprint density at radius 3 is 2.19 bits per heavy atom. The van der Waals surface area contributed by atoms with Gasteiger partial charge in [-0.25, -0.2) is 4.79 Å². The molecular weight excluding hydrogens is 330 g/mol. The van der Waals surface area contributed by atoms with Crippen molar-refractivity contribution in [2.24, 2.45) is 0 Å². The second-order valence-electron chi connectivity index (χ2n) is 7.06. The number of hydrogen-bond acceptors (Lipinski definition) is 4. The van der Waals surface area contributed by atoms with Crippen LogP contribution >= 0.6 is 0 Å². The Bertz CT molecular complexity index is 775. The lowest BCUT2D eigenvalue weighted by Crippen LogP contribution is -2.31. The van der Waals surface area contributed by atoms with Crippen molar-refractivity contribution < 1.29 is 19.1 Å². The molecule has 0 aliphatic carbocycles. The summed E-state index contributed by atoms with van der Waals surface area (Å²) in [5.74, 6) is 0.0154. The van der Waals surface area contributed by atoms with Crippen molar-refractivity contribution in [1.82, 2.24) is 0 Å². The highest BCUT2D eigenvalue weighted by Crippen LogP contribution is 2.31. The molecule has 2 aromatic rings. The molecule has 1 atom stereocenters. The Hall–Kier alpha value is -2.82. The van der Waals surface area contributed by atoms with Crippen LogP contribution in [0.3, 0.4) is 0 Å². The third-order valence-electron chi connectivity index (χ3n) is 3.94. The number of benzene rings is 2. The fourth-order valence-electron chi connectivity index (χ4n) is 2.48. The van der Waals surface area contributed by atoms with E-state index in [9.17, 15) is 9.59 Å². The van der Waals surface area contributed by atoms with Gasteiger partial charge in [0.15, 0.2) is 6.10 Å². The number of carbonyl (C=O) groups is 2. The van der Waals surface area contributed by atoms with Crippen LogP contribution in [-0.2, 0) is 14.9 Å². The van der Waals surface area contributed by atoms with Crippen LogP contribution in [0.15, 0.2) is 48.5 Å². The van der Waals surface area contributed by atoms with Crippen LogP contribution in [0.2, 0.25) is 0 Å². The summed E-state index contributed by atoms with van der Waals surface area (Å²) in [6, 6.07) is 14.2. The molecular formula is C21H25NO4. The third kappa shape index (κ3) is 4.85. The van der Waals surface area contributed by atoms with Gasteiger partial charge in [0, 0.05) is 5.69 Å². The molecule has 1 N–H and O–H groups in total. The molecule has 0 aliphatic heterocycles. The lowest BCUT2D eigenvalue weighted by Gasteiger charge is -2.24. The average molecular weight is 355 g/mol. The first kappa shape index (κ1) is 19.5. The van der Waals surface area contributed by atoms with Crippen molar-refractivity contribution in [3.63, 3.8) is 0 Å². The molecule has 5 heteroatoms. The van der Waals surface area contributed by atoms with E-state index in [1.54, 1.807) is 31.2 Å². The normalized spacial score (nSPS) is 12.2. The van der Waals surface area contributed by atoms with Crippen molar-refractivity contribution in [1.29, 1.82) is 0 Å². The van der Waals surface area contributed by atoms with Crippen LogP contribution in [0.1, 0.15) is 43.6 Å². The molecule has 0 saturated heterocycles. The number of para-hydroxylation sites is 1. The zero-order chi connectivity index (χ0) is 19.3. The van der Waals surface area contributed by atoms with Gasteiger partial charge in [-0.1, -0.05) is 39.0 Å². The van der Waals surface area contributed by atoms with Crippen LogP contribution in [0.5, 0.6) is 5.75 Å². The zero-order valence-electron chi connectivity index (χ0n) is 15.8. The highest BCUT2D eigenvalue weighted by atomic mass is 16.5. The SMILES string of the molecule is COC(=O)c1ccc(NC(=O)C(C)Oc2ccccc2C(C)(C)C)cc1. The minimum absolute atomic E-state index is 0.0868. The van der Waals surface area contributed by atoms with Gasteiger partial charge in [-0.2, -0.15) is 0 Å². The molecule has 1 amide bonds. The summed E-state index contributed by atoms with van der Waals surface area (Å²) in [4.78, 5) is 23.9. The number of amides is 1. The molecule has 0 spiro atoms. The first-order valence-electron chi connectivity index (χ1n) is 8.48. The highest BCUT2D eigenvalue weighted by Gasteiger charge is 2.22. The molecule has 0 bridgehead atoms. The molecule has 2 aromatic carbocycles. The first-order chi connectivity index (χ1) is 12.2. The smallest absolute Gasteiger partial charge is 0.337 e. The minimum Gasteiger partial charge on any atom is -0.481 e. The number of anilines is 1. The monoisotopic (exact) mass is 355 g/mol. The third-order valence-corrected chi connectivity index (χ3v) is 3.94. The zero-order valence-corrected chi connectivity index (χ0v) is 15.8. The standard InChI is InChI=1S/C21H25NO4/c1-14(26-18-9-7-6-8-17(18)21(2,3)4)19(23)22-16-12-10-15(11-13-16)20(24)25-5/h6-14H,1-5H3,(H,22,23). The Labute approximate surface area is 154 Å². The molecule has 0 aliphatic rings. The largest absolute Gasteiger partial charge is 0.481 e. The average Bonchev–Trinajstić information content (AvgIpc) is 2.61. The van der Waals surface area contributed by atoms with Gasteiger partial charge < -0.3 is 14.8 Å². The number of methoxy groups -OCH3 is 1. The fourth-order valence-corrected chi connectivity index (χ4v) is 2.48. The van der Waals surface area contributed by atoms with Crippen molar-refractivity contribution in [3.05, 3.63) is 59.7 Å². The maximum atomic E-state index is 12.4. The minimum atomic E-state index is -0.668. The second-order valence-corrected chi connectivity index (χ2v) is 7.06. The van der Waals surface area contributed by atoms with Crippen LogP contribution < -0.4 is 10.1 Å². The van der Waals surface area contributed by atoms with Crippen LogP contribution in [0.25, 0.3) is 0 Å². The number of rotatable bonds is 5. The molecule has 0 heterocycles. The summed E-state index contributed by atoms with van der Waals surface area (Å²) in [6.45, 7) is 8.01. The van der Waals surface area contributed by atoms with E-state index in [1.807, 2.05) is 24.3 Å². The topological polar surface area (TPSA) is 64.6 Å². The molecule has 5 nitrogen and oxygen atoms in total. The van der Waals surface area contributed by atoms with Gasteiger partial charge in [0.25, 0.3) is 5.91 Å². The molecule has 0 saturated carbocycles. The second kappa shape index (κ2) is 8.04. The molecule has 138 valence electrons. The van der Waals surface area contributed by atoms with Crippen molar-refractivity contribution in [2.45, 2.75) is 39.2 Å². The fraction of sp³-hybridized carbons (Fsp3) is 0.333. The number of ether oxygens (including phenoxy) is 2. The number of esters is 1. The van der Waals surface area contributed by atoms with E-state index in [-0.39, 0.29) is 11.3 Å². The van der Waals surface area contributed by atoms with Gasteiger partial charge >= 0.3 is 5.97 Å². The van der Waals surface area contributed by atoms with Crippen molar-refractivity contribution in [3.8, 4) is 5.75 Å². The first-order valence-corrected chi connectivity index (χ1v) is 8.48. The maximum absolute atomic E-state index is 12.4. The number of hydrogen-bond donors (Lipinski definition) is 1. The Morgan fingerprint density at radius 1 is 1.00 bits per heavy atom. The lowest BCUT2D eigenvalue weighted by atomic mass is 9.86. The predicted octanol–water partition coefficient (Wildman–Crippen LogP) is 4.18. The van der Waals surface area contributed by atoms with Crippen LogP contribution in [-0.4, -0.2) is 25.1 Å². The van der Waals surface area contributed by atoms with E-state index in [0.29, 0.717) is 17.0 Å². The van der Waals surface area contributed by atoms with Gasteiger partial charge in [0.1, 0.15) is 5.75 Å². The Morgan fingerprint density at radius 2 is 1.62 bits per heavy atom. The molecule has 0 fully saturated rings. The predicted molar refractivity (Wildman–Crippen MR) is 102 cm³/mol. The van der Waals surface area contributed by atoms with E-state index >= 15 is 0 Å². The molecule has 0 aromatic heterocycles. The molecule has 0 radical (unpaired) electrons. The lowest BCUT2D eigenvalue weighted by molar-refractivity contribution is -0.122. The van der Waals surface area contributed by atoms with Crippen molar-refractivity contribution >= 4 is 17.6 Å². The van der Waals surface area contributed by atoms with Crippen LogP contribution in [0.4, 0.5) is 5.69 Å². The maximum Gasteiger partial charge on any atom is 0.337 e. The Balaban J connectivity index is 2.06. The van der Waals surface area contributed by atoms with Gasteiger partial charge in [-0.05, 0) is 48.2 Å². The molecule has 1 unspecified atom stereocenters. The quantitative estimate of drug-likeness (QED) is 0.817. The van der Waals surface area contributed by atoms with E-state index in [2.05, 4.69) is 30.8 Å². The summed E-state index contributed by atoms with van der Waals surface area (Å²) in [5.41, 5.74) is 1.97. The number of nitrogens with one attached hydrogen (secondary N) is 1. The van der Waals surface area contributed by atoms with Crippen molar-refractivity contribution in [2.75, 3.05) is 12.4 Å². The summed E-state index contributed by atoms with van der Waals surface area (Å²) in [5, 5.41) is 2.79. The van der Waals surface area contributed by atoms with E-state index < -0.39 is 12.1 Å². The summed E-state index contributed by atoms with van der Waals surface area (Å²) < 4.78 is 10.6. The summed E-state index contributed by atoms with van der Waals surface area (Å²) in [6.07, 6.45) is -0.668. The van der Waals surface area contributed by atoms with Gasteiger partial charge in [0.2, 0.25) is 0 Å². The number of carbonyl (C=O) groups excluding carboxylic acids is 2. The summed E-state index contributed by atoms with van der Waals surface area (Å²) in [7, 11) is 1.33. The van der Waals surface area contributed by atoms with E-state index in [0.717, 1.165) is 5.56 Å². The highest BCUT2D eigenvalue weighted by molar-refractivity contribution is 5.95. The van der Waals surface area contributed by atoms with Gasteiger partial charge in [-0.3, -0.25) is 4.79 Å². The van der Waals surface area contributed by atoms with Gasteiger partial charge in [-0.15, -0.1) is 0 Å². The van der Waals surface area contributed by atoms with Crippen LogP contribution in [0, 0.1) is 0 Å². The summed E-state index contributed by atoms with van der Waals surface area (Å²) >= 11 is 0. The molecule has 2 rings (SSSR count). The molecule has 26 heavy (non-hydrogen) atoms. The van der Waals surface area contributed by atoms with E-state index in [1.165, 1.54) is 7.11 Å². The Kier molecular flexibility index (Phi) is 6.03. The van der Waals surface area contributed by atoms with E-state index in [4.69, 9.17) is 4.74 Å².